The molecule has 0 radical (unpaired) electrons. The van der Waals surface area contributed by atoms with Crippen LogP contribution < -0.4 is 4.90 Å². The molecule has 0 aliphatic heterocycles. The van der Waals surface area contributed by atoms with Gasteiger partial charge in [0, 0.05) is 38.6 Å². The SMILES string of the molecule is C\C=C/C(=C(\C=C/C)N(C)c1ccc2sc3ccccc3c2c1C)C(C)CCC. The van der Waals surface area contributed by atoms with Crippen molar-refractivity contribution in [3.05, 3.63) is 77.5 Å². The number of anilines is 1. The predicted molar refractivity (Wildman–Crippen MR) is 133 cm³/mol. The van der Waals surface area contributed by atoms with Crippen molar-refractivity contribution < 1.29 is 0 Å². The van der Waals surface area contributed by atoms with E-state index in [2.05, 4.69) is 107 Å². The molecule has 1 atom stereocenters. The first kappa shape index (κ1) is 21.4. The largest absolute Gasteiger partial charge is 0.344 e. The molecule has 3 aromatic rings. The summed E-state index contributed by atoms with van der Waals surface area (Å²) in [5, 5.41) is 2.76. The van der Waals surface area contributed by atoms with E-state index in [0.717, 1.165) is 0 Å². The van der Waals surface area contributed by atoms with Gasteiger partial charge in [-0.3, -0.25) is 0 Å². The number of rotatable bonds is 7. The molecule has 0 N–H and O–H groups in total. The van der Waals surface area contributed by atoms with Crippen LogP contribution in [-0.4, -0.2) is 7.05 Å². The van der Waals surface area contributed by atoms with Crippen LogP contribution >= 0.6 is 11.3 Å². The molecule has 0 bridgehead atoms. The molecule has 3 rings (SSSR count). The van der Waals surface area contributed by atoms with Crippen molar-refractivity contribution >= 4 is 37.2 Å². The van der Waals surface area contributed by atoms with Crippen LogP contribution in [0.3, 0.4) is 0 Å². The average molecular weight is 404 g/mol. The molecule has 0 saturated carbocycles. The van der Waals surface area contributed by atoms with Gasteiger partial charge in [-0.2, -0.15) is 0 Å². The highest BCUT2D eigenvalue weighted by Gasteiger charge is 2.18. The number of aryl methyl sites for hydroxylation is 1. The van der Waals surface area contributed by atoms with Crippen LogP contribution in [0.5, 0.6) is 0 Å². The summed E-state index contributed by atoms with van der Waals surface area (Å²) in [4.78, 5) is 2.38. The van der Waals surface area contributed by atoms with E-state index in [-0.39, 0.29) is 0 Å². The van der Waals surface area contributed by atoms with Crippen LogP contribution in [-0.2, 0) is 0 Å². The monoisotopic (exact) mass is 403 g/mol. The van der Waals surface area contributed by atoms with Crippen molar-refractivity contribution in [2.24, 2.45) is 5.92 Å². The third-order valence-electron chi connectivity index (χ3n) is 5.72. The van der Waals surface area contributed by atoms with Gasteiger partial charge in [-0.05, 0) is 68.5 Å². The Morgan fingerprint density at radius 1 is 1.03 bits per heavy atom. The molecule has 0 amide bonds. The van der Waals surface area contributed by atoms with Gasteiger partial charge in [0.1, 0.15) is 0 Å². The lowest BCUT2D eigenvalue weighted by atomic mass is 9.93. The van der Waals surface area contributed by atoms with E-state index in [1.165, 1.54) is 55.5 Å². The van der Waals surface area contributed by atoms with Gasteiger partial charge in [0.2, 0.25) is 0 Å². The summed E-state index contributed by atoms with van der Waals surface area (Å²) in [6.07, 6.45) is 11.3. The lowest BCUT2D eigenvalue weighted by Crippen LogP contribution is -2.20. The molecule has 1 nitrogen and oxygen atoms in total. The minimum absolute atomic E-state index is 0.524. The molecule has 1 heterocycles. The van der Waals surface area contributed by atoms with Gasteiger partial charge in [-0.1, -0.05) is 56.7 Å². The van der Waals surface area contributed by atoms with Crippen LogP contribution in [0.2, 0.25) is 0 Å². The average Bonchev–Trinajstić information content (AvgIpc) is 3.10. The molecule has 0 saturated heterocycles. The fraction of sp³-hybridized carbons (Fsp3) is 0.333. The zero-order chi connectivity index (χ0) is 21.0. The van der Waals surface area contributed by atoms with Crippen LogP contribution in [0.25, 0.3) is 20.2 Å². The van der Waals surface area contributed by atoms with Crippen LogP contribution in [0, 0.1) is 12.8 Å². The highest BCUT2D eigenvalue weighted by atomic mass is 32.1. The highest BCUT2D eigenvalue weighted by molar-refractivity contribution is 7.25. The second-order valence-electron chi connectivity index (χ2n) is 7.77. The maximum Gasteiger partial charge on any atom is 0.0445 e. The second-order valence-corrected chi connectivity index (χ2v) is 8.85. The molecule has 29 heavy (non-hydrogen) atoms. The molecule has 152 valence electrons. The zero-order valence-electron chi connectivity index (χ0n) is 18.6. The topological polar surface area (TPSA) is 3.24 Å². The van der Waals surface area contributed by atoms with Gasteiger partial charge in [0.25, 0.3) is 0 Å². The Balaban J connectivity index is 2.21. The Labute approximate surface area is 180 Å². The molecule has 0 spiro atoms. The van der Waals surface area contributed by atoms with Crippen molar-refractivity contribution in [1.82, 2.24) is 0 Å². The van der Waals surface area contributed by atoms with Gasteiger partial charge in [0.05, 0.1) is 0 Å². The van der Waals surface area contributed by atoms with Crippen LogP contribution in [0.1, 0.15) is 46.1 Å². The van der Waals surface area contributed by atoms with E-state index in [1.54, 1.807) is 0 Å². The first-order chi connectivity index (χ1) is 14.0. The number of fused-ring (bicyclic) bond motifs is 3. The predicted octanol–water partition coefficient (Wildman–Crippen LogP) is 8.64. The molecule has 2 heteroatoms. The van der Waals surface area contributed by atoms with Crippen LogP contribution in [0.4, 0.5) is 5.69 Å². The fourth-order valence-corrected chi connectivity index (χ4v) is 5.46. The van der Waals surface area contributed by atoms with E-state index in [4.69, 9.17) is 0 Å². The number of thiophene rings is 1. The summed E-state index contributed by atoms with van der Waals surface area (Å²) in [5.74, 6) is 0.524. The molecule has 0 fully saturated rings. The summed E-state index contributed by atoms with van der Waals surface area (Å²) in [6.45, 7) is 11.1. The standard InChI is InChI=1S/C27H33NS/c1-7-12-19(4)21(13-8-2)24(14-9-3)28(6)23-17-18-26-27(20(23)5)22-15-10-11-16-25(22)29-26/h8-11,13-19H,7,12H2,1-6H3/b13-8-,14-9-,24-21-. The maximum atomic E-state index is 2.38. The van der Waals surface area contributed by atoms with Crippen molar-refractivity contribution in [3.8, 4) is 0 Å². The van der Waals surface area contributed by atoms with Crippen LogP contribution in [0.15, 0.2) is 72.0 Å². The number of likely N-dealkylation sites (N-methyl/N-ethyl adjacent to an activating group) is 1. The maximum absolute atomic E-state index is 2.38. The third kappa shape index (κ3) is 4.18. The molecule has 1 aromatic heterocycles. The van der Waals surface area contributed by atoms with E-state index in [1.807, 2.05) is 11.3 Å². The summed E-state index contributed by atoms with van der Waals surface area (Å²) in [6, 6.07) is 13.3. The van der Waals surface area contributed by atoms with Gasteiger partial charge in [-0.15, -0.1) is 11.3 Å². The molecular formula is C27H33NS. The normalized spacial score (nSPS) is 14.3. The van der Waals surface area contributed by atoms with E-state index >= 15 is 0 Å². The minimum Gasteiger partial charge on any atom is -0.344 e. The summed E-state index contributed by atoms with van der Waals surface area (Å²) >= 11 is 1.89. The quantitative estimate of drug-likeness (QED) is 0.357. The Hall–Kier alpha value is -2.32. The van der Waals surface area contributed by atoms with E-state index in [0.29, 0.717) is 5.92 Å². The summed E-state index contributed by atoms with van der Waals surface area (Å²) in [5.41, 5.74) is 5.32. The first-order valence-corrected chi connectivity index (χ1v) is 11.5. The highest BCUT2D eigenvalue weighted by Crippen LogP contribution is 2.40. The fourth-order valence-electron chi connectivity index (χ4n) is 4.30. The number of allylic oxidation sites excluding steroid dienone is 5. The smallest absolute Gasteiger partial charge is 0.0445 e. The van der Waals surface area contributed by atoms with E-state index in [9.17, 15) is 0 Å². The lowest BCUT2D eigenvalue weighted by Gasteiger charge is -2.27. The zero-order valence-corrected chi connectivity index (χ0v) is 19.4. The summed E-state index contributed by atoms with van der Waals surface area (Å²) in [7, 11) is 2.21. The number of nitrogens with zero attached hydrogens (tertiary/aromatic N) is 1. The van der Waals surface area contributed by atoms with E-state index < -0.39 is 0 Å². The van der Waals surface area contributed by atoms with Crippen molar-refractivity contribution in [3.63, 3.8) is 0 Å². The molecule has 0 aliphatic carbocycles. The van der Waals surface area contributed by atoms with Crippen molar-refractivity contribution in [2.45, 2.75) is 47.5 Å². The summed E-state index contributed by atoms with van der Waals surface area (Å²) < 4.78 is 2.73. The second kappa shape index (κ2) is 9.45. The van der Waals surface area contributed by atoms with Gasteiger partial charge < -0.3 is 4.90 Å². The molecule has 0 aliphatic rings. The van der Waals surface area contributed by atoms with Gasteiger partial charge >= 0.3 is 0 Å². The minimum atomic E-state index is 0.524. The lowest BCUT2D eigenvalue weighted by molar-refractivity contribution is 0.607. The Morgan fingerprint density at radius 3 is 2.45 bits per heavy atom. The number of hydrogen-bond donors (Lipinski definition) is 0. The van der Waals surface area contributed by atoms with Gasteiger partial charge in [-0.25, -0.2) is 0 Å². The van der Waals surface area contributed by atoms with Crippen molar-refractivity contribution in [2.75, 3.05) is 11.9 Å². The number of hydrogen-bond acceptors (Lipinski definition) is 2. The number of benzene rings is 2. The Morgan fingerprint density at radius 2 is 1.76 bits per heavy atom. The first-order valence-electron chi connectivity index (χ1n) is 10.7. The van der Waals surface area contributed by atoms with Crippen molar-refractivity contribution in [1.29, 1.82) is 0 Å². The Kier molecular flexibility index (Phi) is 6.97. The molecule has 2 aromatic carbocycles. The van der Waals surface area contributed by atoms with Gasteiger partial charge in [0.15, 0.2) is 0 Å². The molecule has 1 unspecified atom stereocenters. The Bertz CT molecular complexity index is 1080. The third-order valence-corrected chi connectivity index (χ3v) is 6.85. The molecular weight excluding hydrogens is 370 g/mol.